The van der Waals surface area contributed by atoms with Gasteiger partial charge in [-0.25, -0.2) is 0 Å². The molecule has 1 N–H and O–H groups in total. The van der Waals surface area contributed by atoms with Gasteiger partial charge >= 0.3 is 0 Å². The molecule has 0 unspecified atom stereocenters. The van der Waals surface area contributed by atoms with Crippen molar-refractivity contribution in [3.05, 3.63) is 34.9 Å². The molecule has 6 aliphatic heterocycles. The molecular formula is C25H16O13. The van der Waals surface area contributed by atoms with Gasteiger partial charge in [-0.3, -0.25) is 0 Å². The third-order valence-corrected chi connectivity index (χ3v) is 7.08. The van der Waals surface area contributed by atoms with Crippen molar-refractivity contribution < 1.29 is 61.9 Å². The van der Waals surface area contributed by atoms with Crippen LogP contribution in [0.3, 0.4) is 0 Å². The van der Waals surface area contributed by atoms with Gasteiger partial charge in [0.25, 0.3) is 0 Å². The van der Waals surface area contributed by atoms with Crippen molar-refractivity contribution in [1.82, 2.24) is 0 Å². The number of benzene rings is 3. The van der Waals surface area contributed by atoms with Crippen molar-refractivity contribution in [2.24, 2.45) is 0 Å². The van der Waals surface area contributed by atoms with Crippen LogP contribution in [0.15, 0.2) is 18.2 Å². The Morgan fingerprint density at radius 1 is 0.368 bits per heavy atom. The zero-order chi connectivity index (χ0) is 25.0. The Morgan fingerprint density at radius 2 is 0.579 bits per heavy atom. The van der Waals surface area contributed by atoms with E-state index in [0.717, 1.165) is 0 Å². The van der Waals surface area contributed by atoms with Crippen LogP contribution in [0, 0.1) is 0 Å². The van der Waals surface area contributed by atoms with Crippen LogP contribution in [0.5, 0.6) is 69.0 Å². The Hall–Kier alpha value is -4.78. The average molecular weight is 524 g/mol. The fraction of sp³-hybridized carbons (Fsp3) is 0.280. The normalized spacial score (nSPS) is 17.9. The molecule has 0 amide bonds. The van der Waals surface area contributed by atoms with Crippen LogP contribution in [-0.2, 0) is 5.60 Å². The van der Waals surface area contributed by atoms with Gasteiger partial charge in [-0.2, -0.15) is 0 Å². The highest BCUT2D eigenvalue weighted by atomic mass is 16.7. The Balaban J connectivity index is 1.47. The molecule has 6 aliphatic rings. The third kappa shape index (κ3) is 2.39. The van der Waals surface area contributed by atoms with Crippen LogP contribution in [0.1, 0.15) is 16.7 Å². The van der Waals surface area contributed by atoms with E-state index in [1.54, 1.807) is 18.2 Å². The molecule has 0 bridgehead atoms. The highest BCUT2D eigenvalue weighted by molar-refractivity contribution is 5.79. The molecule has 38 heavy (non-hydrogen) atoms. The standard InChI is InChI=1S/C25H16O13/c26-25(16-19-10(27-4-33-19)1-11-20(16)34-5-28-11,17-21-12(29-6-35-21)2-13-22(17)36-7-30-13)18-23-14(31-8-37-23)3-15-24(18)38-9-32-15/h1-3,26H,4-9H2. The summed E-state index contributed by atoms with van der Waals surface area (Å²) in [5.74, 6) is 3.44. The predicted molar refractivity (Wildman–Crippen MR) is 118 cm³/mol. The van der Waals surface area contributed by atoms with Gasteiger partial charge in [-0.1, -0.05) is 0 Å². The fourth-order valence-corrected chi connectivity index (χ4v) is 5.57. The highest BCUT2D eigenvalue weighted by Gasteiger charge is 2.55. The second-order valence-electron chi connectivity index (χ2n) is 8.87. The summed E-state index contributed by atoms with van der Waals surface area (Å²) in [6.45, 7) is -0.525. The Bertz CT molecular complexity index is 1290. The van der Waals surface area contributed by atoms with Crippen molar-refractivity contribution in [2.75, 3.05) is 40.8 Å². The van der Waals surface area contributed by atoms with E-state index in [2.05, 4.69) is 0 Å². The third-order valence-electron chi connectivity index (χ3n) is 7.08. The van der Waals surface area contributed by atoms with Gasteiger partial charge in [0.2, 0.25) is 40.8 Å². The largest absolute Gasteiger partial charge is 0.453 e. The van der Waals surface area contributed by atoms with E-state index in [4.69, 9.17) is 56.8 Å². The molecule has 3 aromatic rings. The lowest BCUT2D eigenvalue weighted by molar-refractivity contribution is 0.0931. The van der Waals surface area contributed by atoms with Crippen LogP contribution in [0.25, 0.3) is 0 Å². The molecule has 0 saturated heterocycles. The van der Waals surface area contributed by atoms with Crippen molar-refractivity contribution >= 4 is 0 Å². The van der Waals surface area contributed by atoms with E-state index in [1.807, 2.05) is 0 Å². The van der Waals surface area contributed by atoms with Gasteiger partial charge in [0.05, 0.1) is 16.7 Å². The molecule has 0 fully saturated rings. The van der Waals surface area contributed by atoms with Gasteiger partial charge in [0.15, 0.2) is 74.6 Å². The maximum absolute atomic E-state index is 13.4. The quantitative estimate of drug-likeness (QED) is 0.504. The summed E-state index contributed by atoms with van der Waals surface area (Å²) < 4.78 is 69.7. The van der Waals surface area contributed by atoms with Gasteiger partial charge in [0.1, 0.15) is 0 Å². The summed E-state index contributed by atoms with van der Waals surface area (Å²) in [6, 6.07) is 4.94. The average Bonchev–Trinajstić information content (AvgIpc) is 3.74. The molecular weight excluding hydrogens is 508 g/mol. The fourth-order valence-electron chi connectivity index (χ4n) is 5.57. The maximum atomic E-state index is 13.4. The monoisotopic (exact) mass is 524 g/mol. The Morgan fingerprint density at radius 3 is 0.789 bits per heavy atom. The summed E-state index contributed by atoms with van der Waals surface area (Å²) in [5.41, 5.74) is -1.75. The van der Waals surface area contributed by atoms with Gasteiger partial charge < -0.3 is 61.9 Å². The minimum Gasteiger partial charge on any atom is -0.453 e. The number of fused-ring (bicyclic) bond motifs is 6. The highest BCUT2D eigenvalue weighted by Crippen LogP contribution is 2.66. The first-order chi connectivity index (χ1) is 18.7. The van der Waals surface area contributed by atoms with Gasteiger partial charge in [-0.05, 0) is 0 Å². The molecule has 0 spiro atoms. The van der Waals surface area contributed by atoms with E-state index in [9.17, 15) is 5.11 Å². The molecule has 3 aromatic carbocycles. The summed E-state index contributed by atoms with van der Waals surface area (Å²) in [6.07, 6.45) is 0. The predicted octanol–water partition coefficient (Wildman–Crippen LogP) is 2.34. The summed E-state index contributed by atoms with van der Waals surface area (Å²) in [4.78, 5) is 0. The van der Waals surface area contributed by atoms with E-state index in [-0.39, 0.29) is 91.9 Å². The van der Waals surface area contributed by atoms with Crippen LogP contribution in [0.2, 0.25) is 0 Å². The second-order valence-corrected chi connectivity index (χ2v) is 8.87. The van der Waals surface area contributed by atoms with Crippen LogP contribution >= 0.6 is 0 Å². The molecule has 0 aromatic heterocycles. The molecule has 6 heterocycles. The first-order valence-corrected chi connectivity index (χ1v) is 11.6. The lowest BCUT2D eigenvalue weighted by Crippen LogP contribution is -2.31. The van der Waals surface area contributed by atoms with Crippen LogP contribution in [0.4, 0.5) is 0 Å². The molecule has 13 heteroatoms. The van der Waals surface area contributed by atoms with Crippen molar-refractivity contribution in [2.45, 2.75) is 5.60 Å². The first kappa shape index (κ1) is 20.3. The molecule has 0 radical (unpaired) electrons. The van der Waals surface area contributed by atoms with E-state index in [1.165, 1.54) is 0 Å². The summed E-state index contributed by atoms with van der Waals surface area (Å²) in [5, 5.41) is 13.4. The molecule has 13 nitrogen and oxygen atoms in total. The molecule has 0 saturated carbocycles. The summed E-state index contributed by atoms with van der Waals surface area (Å²) in [7, 11) is 0. The molecule has 194 valence electrons. The lowest BCUT2D eigenvalue weighted by Gasteiger charge is -2.33. The van der Waals surface area contributed by atoms with Crippen LogP contribution in [-0.4, -0.2) is 45.9 Å². The number of aliphatic hydroxyl groups is 1. The lowest BCUT2D eigenvalue weighted by atomic mass is 9.76. The van der Waals surface area contributed by atoms with Crippen LogP contribution < -0.4 is 56.8 Å². The number of rotatable bonds is 3. The van der Waals surface area contributed by atoms with Crippen molar-refractivity contribution in [3.8, 4) is 69.0 Å². The first-order valence-electron chi connectivity index (χ1n) is 11.6. The number of hydrogen-bond donors (Lipinski definition) is 1. The van der Waals surface area contributed by atoms with E-state index < -0.39 is 5.60 Å². The second kappa shape index (κ2) is 6.95. The van der Waals surface area contributed by atoms with Gasteiger partial charge in [0, 0.05) is 18.2 Å². The van der Waals surface area contributed by atoms with Crippen molar-refractivity contribution in [3.63, 3.8) is 0 Å². The molecule has 0 atom stereocenters. The zero-order valence-corrected chi connectivity index (χ0v) is 19.3. The number of hydrogen-bond acceptors (Lipinski definition) is 13. The minimum absolute atomic E-state index is 0.0875. The Labute approximate surface area is 212 Å². The molecule has 0 aliphatic carbocycles. The van der Waals surface area contributed by atoms with E-state index in [0.29, 0.717) is 34.5 Å². The summed E-state index contributed by atoms with van der Waals surface area (Å²) >= 11 is 0. The van der Waals surface area contributed by atoms with Gasteiger partial charge in [-0.15, -0.1) is 0 Å². The van der Waals surface area contributed by atoms with E-state index >= 15 is 0 Å². The smallest absolute Gasteiger partial charge is 0.231 e. The zero-order valence-electron chi connectivity index (χ0n) is 19.3. The topological polar surface area (TPSA) is 131 Å². The molecule has 9 rings (SSSR count). The minimum atomic E-state index is -2.22. The Kier molecular flexibility index (Phi) is 3.71. The number of ether oxygens (including phenoxy) is 12. The SMILES string of the molecule is OC(c1c2c(cc3c1OCO3)OCO2)(c1c2c(cc3c1OCO3)OCO2)c1c2c(cc3c1OCO3)OCO2. The maximum Gasteiger partial charge on any atom is 0.231 e. The van der Waals surface area contributed by atoms with Crippen molar-refractivity contribution in [1.29, 1.82) is 0 Å².